The van der Waals surface area contributed by atoms with Crippen LogP contribution in [0.15, 0.2) is 164 Å². The Balaban J connectivity index is 0.000000201. The average molecular weight is 1440 g/mol. The third-order valence-corrected chi connectivity index (χ3v) is 14.8. The van der Waals surface area contributed by atoms with E-state index in [1.54, 1.807) is 0 Å². The molecule has 0 saturated heterocycles. The standard InChI is InChI=1S/C41H42N4O.C30H26N4.Ir.Pt/c1-26-17-27(2)39(28(3)18-26)29-19-31(45-25-44(10)36-13-11-12-14-37(36)45)21-32(20-29)46-38-22-35(43-24-33(38)41(7,8)9)34-16-15-30(23-42-34)40(4,5)6;1-3-13-25(14-4-1)33-23-31(27-17-7-9-19-29(27)33)21-11-12-22-32-24-34(26-15-5-2-6-16-26)30-20-10-8-18-28(30)32;;/h11-15,17-20,23-25H,1-10H3;1-10,13,15,17-20,23-24H,11-12,21-22H2;;/q2*-4;;. The van der Waals surface area contributed by atoms with Crippen molar-refractivity contribution in [1.82, 2.24) is 9.97 Å². The maximum Gasteiger partial charge on any atom is 0.0326 e. The second kappa shape index (κ2) is 25.1. The van der Waals surface area contributed by atoms with Crippen LogP contribution in [0, 0.1) is 71.1 Å². The van der Waals surface area contributed by atoms with Gasteiger partial charge in [0.2, 0.25) is 0 Å². The zero-order valence-corrected chi connectivity index (χ0v) is 53.0. The molecule has 0 N–H and O–H groups in total. The summed E-state index contributed by atoms with van der Waals surface area (Å²) in [5.41, 5.74) is 19.2. The van der Waals surface area contributed by atoms with Gasteiger partial charge in [-0.3, -0.25) is 0 Å². The molecule has 1 radical (unpaired) electrons. The van der Waals surface area contributed by atoms with Crippen LogP contribution in [-0.4, -0.2) is 30.1 Å². The van der Waals surface area contributed by atoms with Crippen molar-refractivity contribution in [1.29, 1.82) is 0 Å². The molecule has 0 spiro atoms. The van der Waals surface area contributed by atoms with E-state index in [0.29, 0.717) is 22.9 Å². The molecule has 425 valence electrons. The first-order valence-corrected chi connectivity index (χ1v) is 27.6. The maximum atomic E-state index is 6.81. The van der Waals surface area contributed by atoms with Crippen molar-refractivity contribution in [3.63, 3.8) is 0 Å². The molecule has 9 nitrogen and oxygen atoms in total. The van der Waals surface area contributed by atoms with Crippen LogP contribution in [0.5, 0.6) is 11.5 Å². The summed E-state index contributed by atoms with van der Waals surface area (Å²) in [5.74, 6) is 1.21. The summed E-state index contributed by atoms with van der Waals surface area (Å²) in [6.45, 7) is 27.9. The molecular formula is C71H68IrN8OPt-8. The fourth-order valence-corrected chi connectivity index (χ4v) is 10.8. The molecule has 0 aliphatic carbocycles. The topological polar surface area (TPSA) is 54.5 Å². The molecule has 0 saturated carbocycles. The number of hydrogen-bond acceptors (Lipinski definition) is 9. The van der Waals surface area contributed by atoms with E-state index in [9.17, 15) is 0 Å². The van der Waals surface area contributed by atoms with Crippen LogP contribution in [-0.2, 0) is 52.0 Å². The van der Waals surface area contributed by atoms with Gasteiger partial charge in [-0.05, 0) is 119 Å². The number of rotatable bonds is 12. The Hall–Kier alpha value is -7.22. The van der Waals surface area contributed by atoms with Crippen LogP contribution >= 0.6 is 0 Å². The molecule has 9 aromatic rings. The number of hydrogen-bond donors (Lipinski definition) is 0. The van der Waals surface area contributed by atoms with Gasteiger partial charge >= 0.3 is 0 Å². The molecule has 2 aromatic heterocycles. The van der Waals surface area contributed by atoms with E-state index in [0.717, 1.165) is 71.1 Å². The first kappa shape index (κ1) is 59.4. The fraction of sp³-hybridized carbons (Fsp3) is 0.225. The first-order chi connectivity index (χ1) is 38.6. The van der Waals surface area contributed by atoms with Gasteiger partial charge in [-0.1, -0.05) is 112 Å². The van der Waals surface area contributed by atoms with Crippen LogP contribution in [0.25, 0.3) is 22.5 Å². The van der Waals surface area contributed by atoms with Gasteiger partial charge in [0.1, 0.15) is 0 Å². The number of aromatic nitrogens is 2. The number of pyridine rings is 2. The van der Waals surface area contributed by atoms with Gasteiger partial charge < -0.3 is 44.1 Å². The number of aryl methyl sites for hydroxylation is 3. The minimum absolute atomic E-state index is 0. The molecule has 12 rings (SSSR count). The first-order valence-electron chi connectivity index (χ1n) is 27.6. The Labute approximate surface area is 515 Å². The number of anilines is 9. The number of ether oxygens (including phenoxy) is 1. The van der Waals surface area contributed by atoms with E-state index in [-0.39, 0.29) is 52.0 Å². The molecule has 82 heavy (non-hydrogen) atoms. The summed E-state index contributed by atoms with van der Waals surface area (Å²) in [6, 6.07) is 69.7. The Kier molecular flexibility index (Phi) is 18.2. The molecule has 5 heterocycles. The summed E-state index contributed by atoms with van der Waals surface area (Å²) < 4.78 is 6.81. The van der Waals surface area contributed by atoms with Crippen molar-refractivity contribution in [2.75, 3.05) is 49.5 Å². The number of para-hydroxylation sites is 8. The van der Waals surface area contributed by atoms with Gasteiger partial charge in [-0.2, -0.15) is 92.8 Å². The number of fused-ring (bicyclic) bond motifs is 3. The second-order valence-corrected chi connectivity index (χ2v) is 22.9. The van der Waals surface area contributed by atoms with E-state index in [1.165, 1.54) is 45.0 Å². The van der Waals surface area contributed by atoms with Crippen molar-refractivity contribution in [3.8, 4) is 34.0 Å². The molecule has 0 bridgehead atoms. The van der Waals surface area contributed by atoms with Gasteiger partial charge in [-0.25, -0.2) is 6.07 Å². The van der Waals surface area contributed by atoms with Gasteiger partial charge in [0.15, 0.2) is 0 Å². The zero-order chi connectivity index (χ0) is 55.7. The van der Waals surface area contributed by atoms with Crippen molar-refractivity contribution in [2.24, 2.45) is 0 Å². The van der Waals surface area contributed by atoms with Crippen LogP contribution < -0.4 is 34.1 Å². The van der Waals surface area contributed by atoms with Crippen molar-refractivity contribution < 1.29 is 45.9 Å². The normalized spacial score (nSPS) is 13.4. The van der Waals surface area contributed by atoms with Crippen LogP contribution in [0.1, 0.15) is 82.2 Å². The van der Waals surface area contributed by atoms with Crippen LogP contribution in [0.2, 0.25) is 0 Å². The summed E-state index contributed by atoms with van der Waals surface area (Å²) in [6.07, 6.45) is 5.98. The minimum atomic E-state index is -0.237. The SMILES string of the molecule is Cc1cc(C)c(-c2cc(Oc3[c-]c(-c4[c-]cc(C(C)(C)C)cn4)ncc3C(C)(C)C)[c-]c(N3[CH-]N(C)c4ccccc43)c2)c(C)c1.[Ir].[Pt].[c-]1ccccc1N1[CH-]N(CCCCN2[CH-]N(c3[c-]cccc3)c3ccccc32)c2ccccc21. The molecule has 3 aliphatic rings. The third-order valence-electron chi connectivity index (χ3n) is 14.8. The molecular weight excluding hydrogens is 1370 g/mol. The smallest absolute Gasteiger partial charge is 0.0326 e. The molecule has 0 fully saturated rings. The molecule has 0 atom stereocenters. The summed E-state index contributed by atoms with van der Waals surface area (Å²) in [5, 5.41) is 0. The Morgan fingerprint density at radius 1 is 0.524 bits per heavy atom. The van der Waals surface area contributed by atoms with E-state index in [2.05, 4.69) is 270 Å². The quantitative estimate of drug-likeness (QED) is 0.0879. The molecule has 3 aliphatic heterocycles. The molecule has 7 aromatic carbocycles. The van der Waals surface area contributed by atoms with Crippen molar-refractivity contribution in [2.45, 2.75) is 86.0 Å². The van der Waals surface area contributed by atoms with Crippen molar-refractivity contribution >= 4 is 51.2 Å². The number of unbranched alkanes of at least 4 members (excludes halogenated alkanes) is 1. The van der Waals surface area contributed by atoms with Crippen LogP contribution in [0.4, 0.5) is 51.2 Å². The monoisotopic (exact) mass is 1440 g/mol. The molecule has 0 amide bonds. The number of benzene rings is 7. The van der Waals surface area contributed by atoms with Gasteiger partial charge in [0, 0.05) is 86.8 Å². The summed E-state index contributed by atoms with van der Waals surface area (Å²) in [4.78, 5) is 23.0. The molecule has 0 unspecified atom stereocenters. The van der Waals surface area contributed by atoms with Gasteiger partial charge in [0.05, 0.1) is 0 Å². The van der Waals surface area contributed by atoms with E-state index >= 15 is 0 Å². The maximum absolute atomic E-state index is 6.81. The fourth-order valence-electron chi connectivity index (χ4n) is 10.8. The second-order valence-electron chi connectivity index (χ2n) is 22.9. The van der Waals surface area contributed by atoms with Gasteiger partial charge in [0.25, 0.3) is 0 Å². The predicted octanol–water partition coefficient (Wildman–Crippen LogP) is 17.1. The Bertz CT molecular complexity index is 3520. The molecule has 11 heteroatoms. The third kappa shape index (κ3) is 12.7. The van der Waals surface area contributed by atoms with E-state index < -0.39 is 0 Å². The zero-order valence-electron chi connectivity index (χ0n) is 48.3. The average Bonchev–Trinajstić information content (AvgIpc) is 3.85. The summed E-state index contributed by atoms with van der Waals surface area (Å²) >= 11 is 0. The number of nitrogens with zero attached hydrogens (tertiary/aromatic N) is 8. The Morgan fingerprint density at radius 3 is 1.52 bits per heavy atom. The van der Waals surface area contributed by atoms with Crippen molar-refractivity contribution in [3.05, 3.63) is 242 Å². The summed E-state index contributed by atoms with van der Waals surface area (Å²) in [7, 11) is 2.07. The van der Waals surface area contributed by atoms with Gasteiger partial charge in [-0.15, -0.1) is 57.8 Å². The predicted molar refractivity (Wildman–Crippen MR) is 329 cm³/mol. The largest absolute Gasteiger partial charge is 0.510 e. The van der Waals surface area contributed by atoms with E-state index in [1.807, 2.05) is 42.7 Å². The van der Waals surface area contributed by atoms with E-state index in [4.69, 9.17) is 14.7 Å². The Morgan fingerprint density at radius 2 is 1.02 bits per heavy atom. The minimum Gasteiger partial charge on any atom is -0.510 e. The van der Waals surface area contributed by atoms with Crippen LogP contribution in [0.3, 0.4) is 0 Å².